The topological polar surface area (TPSA) is 79.8 Å². The number of amides is 1. The van der Waals surface area contributed by atoms with E-state index in [1.807, 2.05) is 38.1 Å². The Bertz CT molecular complexity index is 1370. The molecule has 7 nitrogen and oxygen atoms in total. The molecule has 1 saturated heterocycles. The SMILES string of the molecule is COc1ccccc1CC(C)N(C)C(=O)c1csc(C2CCN(S(=O)(=O)c3ccc(C)c(Cl)c3)CC2)n1. The molecule has 1 fully saturated rings. The average Bonchev–Trinajstić information content (AvgIpc) is 3.40. The van der Waals surface area contributed by atoms with Crippen molar-refractivity contribution in [1.29, 1.82) is 0 Å². The second kappa shape index (κ2) is 11.5. The minimum Gasteiger partial charge on any atom is -0.496 e. The number of para-hydroxylation sites is 1. The maximum atomic E-state index is 13.2. The van der Waals surface area contributed by atoms with Crippen LogP contribution >= 0.6 is 22.9 Å². The van der Waals surface area contributed by atoms with Gasteiger partial charge in [-0.3, -0.25) is 4.79 Å². The van der Waals surface area contributed by atoms with E-state index >= 15 is 0 Å². The van der Waals surface area contributed by atoms with Crippen LogP contribution in [0.1, 0.15) is 52.3 Å². The number of nitrogens with zero attached hydrogens (tertiary/aromatic N) is 3. The second-order valence-corrected chi connectivity index (χ2v) is 12.7. The van der Waals surface area contributed by atoms with Crippen molar-refractivity contribution in [2.45, 2.75) is 50.0 Å². The first-order valence-corrected chi connectivity index (χ1v) is 14.9. The first-order chi connectivity index (χ1) is 17.6. The number of methoxy groups -OCH3 is 1. The highest BCUT2D eigenvalue weighted by atomic mass is 35.5. The van der Waals surface area contributed by atoms with E-state index < -0.39 is 10.0 Å². The zero-order valence-electron chi connectivity index (χ0n) is 21.5. The van der Waals surface area contributed by atoms with Crippen LogP contribution in [0.4, 0.5) is 0 Å². The van der Waals surface area contributed by atoms with Crippen molar-refractivity contribution >= 4 is 38.9 Å². The summed E-state index contributed by atoms with van der Waals surface area (Å²) in [6, 6.07) is 12.6. The molecule has 1 aromatic heterocycles. The zero-order valence-corrected chi connectivity index (χ0v) is 23.9. The van der Waals surface area contributed by atoms with Gasteiger partial charge in [0.25, 0.3) is 5.91 Å². The molecule has 1 aliphatic heterocycles. The van der Waals surface area contributed by atoms with Gasteiger partial charge in [-0.15, -0.1) is 11.3 Å². The van der Waals surface area contributed by atoms with Crippen LogP contribution in [-0.4, -0.2) is 61.8 Å². The van der Waals surface area contributed by atoms with E-state index in [9.17, 15) is 13.2 Å². The van der Waals surface area contributed by atoms with Gasteiger partial charge in [-0.25, -0.2) is 13.4 Å². The third-order valence-corrected chi connectivity index (χ3v) is 10.3. The van der Waals surface area contributed by atoms with Gasteiger partial charge in [-0.2, -0.15) is 4.31 Å². The number of carbonyl (C=O) groups is 1. The van der Waals surface area contributed by atoms with Crippen LogP contribution in [0.15, 0.2) is 52.7 Å². The molecular weight excluding hydrogens is 530 g/mol. The van der Waals surface area contributed by atoms with Gasteiger partial charge in [0, 0.05) is 42.5 Å². The van der Waals surface area contributed by atoms with E-state index in [4.69, 9.17) is 16.3 Å². The molecule has 1 unspecified atom stereocenters. The van der Waals surface area contributed by atoms with Gasteiger partial charge in [0.05, 0.1) is 17.0 Å². The molecule has 3 aromatic rings. The summed E-state index contributed by atoms with van der Waals surface area (Å²) in [7, 11) is -0.165. The van der Waals surface area contributed by atoms with Gasteiger partial charge in [-0.1, -0.05) is 35.9 Å². The van der Waals surface area contributed by atoms with E-state index in [-0.39, 0.29) is 22.8 Å². The van der Waals surface area contributed by atoms with Gasteiger partial charge in [0.15, 0.2) is 0 Å². The predicted molar refractivity (Wildman–Crippen MR) is 147 cm³/mol. The third kappa shape index (κ3) is 6.00. The van der Waals surface area contributed by atoms with Crippen LogP contribution in [0.3, 0.4) is 0 Å². The summed E-state index contributed by atoms with van der Waals surface area (Å²) in [5, 5.41) is 3.13. The van der Waals surface area contributed by atoms with Gasteiger partial charge in [0.2, 0.25) is 10.0 Å². The highest BCUT2D eigenvalue weighted by Crippen LogP contribution is 2.33. The molecule has 37 heavy (non-hydrogen) atoms. The summed E-state index contributed by atoms with van der Waals surface area (Å²) in [4.78, 5) is 19.8. The van der Waals surface area contributed by atoms with Crippen molar-refractivity contribution in [3.63, 3.8) is 0 Å². The monoisotopic (exact) mass is 561 g/mol. The Morgan fingerprint density at radius 1 is 1.24 bits per heavy atom. The molecule has 4 rings (SSSR count). The number of ether oxygens (including phenoxy) is 1. The van der Waals surface area contributed by atoms with E-state index in [0.29, 0.717) is 43.1 Å². The number of thiazole rings is 1. The maximum Gasteiger partial charge on any atom is 0.273 e. The lowest BCUT2D eigenvalue weighted by Gasteiger charge is -2.30. The molecule has 1 amide bonds. The number of rotatable bonds is 8. The number of sulfonamides is 1. The smallest absolute Gasteiger partial charge is 0.273 e. The normalized spacial score (nSPS) is 15.9. The number of aromatic nitrogens is 1. The summed E-state index contributed by atoms with van der Waals surface area (Å²) < 4.78 is 33.1. The van der Waals surface area contributed by atoms with Crippen molar-refractivity contribution in [3.8, 4) is 5.75 Å². The Balaban J connectivity index is 1.38. The largest absolute Gasteiger partial charge is 0.496 e. The van der Waals surface area contributed by atoms with Crippen molar-refractivity contribution in [2.24, 2.45) is 0 Å². The number of hydrogen-bond acceptors (Lipinski definition) is 6. The number of benzene rings is 2. The Morgan fingerprint density at radius 2 is 1.95 bits per heavy atom. The van der Waals surface area contributed by atoms with Crippen LogP contribution in [0, 0.1) is 6.92 Å². The number of hydrogen-bond donors (Lipinski definition) is 0. The first kappa shape index (κ1) is 27.6. The lowest BCUT2D eigenvalue weighted by molar-refractivity contribution is 0.0737. The van der Waals surface area contributed by atoms with Gasteiger partial charge < -0.3 is 9.64 Å². The van der Waals surface area contributed by atoms with E-state index in [0.717, 1.165) is 21.9 Å². The fourth-order valence-electron chi connectivity index (χ4n) is 4.51. The molecule has 0 saturated carbocycles. The molecule has 0 aliphatic carbocycles. The highest BCUT2D eigenvalue weighted by molar-refractivity contribution is 7.89. The quantitative estimate of drug-likeness (QED) is 0.368. The van der Waals surface area contributed by atoms with E-state index in [1.54, 1.807) is 36.6 Å². The maximum absolute atomic E-state index is 13.2. The zero-order chi connectivity index (χ0) is 26.7. The van der Waals surface area contributed by atoms with Crippen LogP contribution in [-0.2, 0) is 16.4 Å². The molecule has 0 bridgehead atoms. The number of likely N-dealkylation sites (N-methyl/N-ethyl adjacent to an activating group) is 1. The second-order valence-electron chi connectivity index (χ2n) is 9.44. The number of halogens is 1. The summed E-state index contributed by atoms with van der Waals surface area (Å²) in [5.41, 5.74) is 2.32. The van der Waals surface area contributed by atoms with Crippen LogP contribution < -0.4 is 4.74 Å². The standard InChI is InChI=1S/C27H32ClN3O4S2/c1-18-9-10-22(16-23(18)28)37(33,34)31-13-11-20(12-14-31)26-29-24(17-36-26)27(32)30(3)19(2)15-21-7-5-6-8-25(21)35-4/h5-10,16-17,19-20H,11-15H2,1-4H3. The molecule has 1 atom stereocenters. The van der Waals surface area contributed by atoms with Crippen LogP contribution in [0.5, 0.6) is 5.75 Å². The van der Waals surface area contributed by atoms with Crippen molar-refractivity contribution in [2.75, 3.05) is 27.2 Å². The van der Waals surface area contributed by atoms with E-state index in [1.165, 1.54) is 21.7 Å². The minimum absolute atomic E-state index is 0.0438. The molecule has 0 N–H and O–H groups in total. The molecular formula is C27H32ClN3O4S2. The third-order valence-electron chi connectivity index (χ3n) is 7.01. The number of aryl methyl sites for hydroxylation is 1. The number of carbonyl (C=O) groups excluding carboxylic acids is 1. The van der Waals surface area contributed by atoms with Gasteiger partial charge in [-0.05, 0) is 62.4 Å². The summed E-state index contributed by atoms with van der Waals surface area (Å²) in [6.07, 6.45) is 1.97. The lowest BCUT2D eigenvalue weighted by Crippen LogP contribution is -2.38. The predicted octanol–water partition coefficient (Wildman–Crippen LogP) is 5.39. The Labute approximate surface area is 228 Å². The Hall–Kier alpha value is -2.46. The van der Waals surface area contributed by atoms with Crippen molar-refractivity contribution in [1.82, 2.24) is 14.2 Å². The Morgan fingerprint density at radius 3 is 2.62 bits per heavy atom. The molecule has 1 aliphatic rings. The van der Waals surface area contributed by atoms with Gasteiger partial charge >= 0.3 is 0 Å². The molecule has 2 heterocycles. The fraction of sp³-hybridized carbons (Fsp3) is 0.407. The fourth-order valence-corrected chi connectivity index (χ4v) is 7.21. The first-order valence-electron chi connectivity index (χ1n) is 12.2. The van der Waals surface area contributed by atoms with Crippen LogP contribution in [0.25, 0.3) is 0 Å². The molecule has 0 radical (unpaired) electrons. The molecule has 0 spiro atoms. The molecule has 2 aromatic carbocycles. The van der Waals surface area contributed by atoms with Crippen molar-refractivity contribution < 1.29 is 17.9 Å². The highest BCUT2D eigenvalue weighted by Gasteiger charge is 2.32. The lowest BCUT2D eigenvalue weighted by atomic mass is 9.99. The average molecular weight is 562 g/mol. The molecule has 198 valence electrons. The number of piperidine rings is 1. The minimum atomic E-state index is -3.60. The van der Waals surface area contributed by atoms with Crippen molar-refractivity contribution in [3.05, 3.63) is 74.7 Å². The molecule has 10 heteroatoms. The summed E-state index contributed by atoms with van der Waals surface area (Å²) in [6.45, 7) is 4.65. The van der Waals surface area contributed by atoms with Crippen LogP contribution in [0.2, 0.25) is 5.02 Å². The summed E-state index contributed by atoms with van der Waals surface area (Å²) in [5.74, 6) is 0.807. The Kier molecular flexibility index (Phi) is 8.58. The van der Waals surface area contributed by atoms with Gasteiger partial charge in [0.1, 0.15) is 11.4 Å². The summed E-state index contributed by atoms with van der Waals surface area (Å²) >= 11 is 7.63. The van der Waals surface area contributed by atoms with E-state index in [2.05, 4.69) is 4.98 Å².